The number of benzene rings is 2. The first-order valence-corrected chi connectivity index (χ1v) is 11.2. The fourth-order valence-electron chi connectivity index (χ4n) is 4.10. The maximum atomic E-state index is 12.8. The minimum atomic E-state index is -0.179. The Hall–Kier alpha value is -4.26. The third kappa shape index (κ3) is 4.45. The molecule has 0 atom stereocenters. The summed E-state index contributed by atoms with van der Waals surface area (Å²) in [5.41, 5.74) is 7.94. The van der Waals surface area contributed by atoms with E-state index in [4.69, 9.17) is 0 Å². The highest BCUT2D eigenvalue weighted by Crippen LogP contribution is 2.30. The number of pyridine rings is 1. The summed E-state index contributed by atoms with van der Waals surface area (Å²) in [4.78, 5) is 17.3. The monoisotopic (exact) mass is 450 g/mol. The van der Waals surface area contributed by atoms with Crippen molar-refractivity contribution >= 4 is 22.6 Å². The molecule has 0 saturated carbocycles. The van der Waals surface area contributed by atoms with E-state index in [1.807, 2.05) is 23.9 Å². The van der Waals surface area contributed by atoms with Crippen LogP contribution in [-0.4, -0.2) is 30.5 Å². The number of carbonyl (C=O) groups excluding carboxylic acids is 1. The summed E-state index contributed by atoms with van der Waals surface area (Å²) in [5.74, 6) is -0.179. The first-order chi connectivity index (χ1) is 16.5. The van der Waals surface area contributed by atoms with Gasteiger partial charge in [-0.05, 0) is 43.5 Å². The van der Waals surface area contributed by atoms with Gasteiger partial charge in [0.05, 0.1) is 24.1 Å². The molecule has 3 aromatic heterocycles. The second kappa shape index (κ2) is 8.94. The van der Waals surface area contributed by atoms with Crippen molar-refractivity contribution in [2.45, 2.75) is 33.9 Å². The van der Waals surface area contributed by atoms with E-state index in [0.29, 0.717) is 17.9 Å². The average Bonchev–Trinajstić information content (AvgIpc) is 3.39. The summed E-state index contributed by atoms with van der Waals surface area (Å²) >= 11 is 0. The number of nitrogens with zero attached hydrogens (tertiary/aromatic N) is 5. The second-order valence-corrected chi connectivity index (χ2v) is 8.63. The number of aryl methyl sites for hydroxylation is 3. The zero-order valence-corrected chi connectivity index (χ0v) is 19.5. The lowest BCUT2D eigenvalue weighted by atomic mass is 10.0. The fourth-order valence-corrected chi connectivity index (χ4v) is 4.10. The number of rotatable bonds is 6. The quantitative estimate of drug-likeness (QED) is 0.399. The molecule has 0 aliphatic heterocycles. The SMILES string of the molecule is Cc1ccc(Cn2cc(NC(=O)Cn3nc(C)c4c(-c5ccc(C)cc5)ccnc43)cn2)cc1. The van der Waals surface area contributed by atoms with Crippen molar-refractivity contribution in [1.82, 2.24) is 24.5 Å². The molecular weight excluding hydrogens is 424 g/mol. The smallest absolute Gasteiger partial charge is 0.246 e. The molecule has 3 heterocycles. The number of carbonyl (C=O) groups is 1. The second-order valence-electron chi connectivity index (χ2n) is 8.63. The van der Waals surface area contributed by atoms with E-state index in [9.17, 15) is 4.79 Å². The predicted octanol–water partition coefficient (Wildman–Crippen LogP) is 4.91. The Balaban J connectivity index is 1.32. The van der Waals surface area contributed by atoms with E-state index < -0.39 is 0 Å². The maximum Gasteiger partial charge on any atom is 0.246 e. The topological polar surface area (TPSA) is 77.6 Å². The Bertz CT molecular complexity index is 1460. The van der Waals surface area contributed by atoms with Gasteiger partial charge in [0.25, 0.3) is 0 Å². The third-order valence-corrected chi connectivity index (χ3v) is 5.85. The van der Waals surface area contributed by atoms with Crippen LogP contribution in [0.4, 0.5) is 5.69 Å². The van der Waals surface area contributed by atoms with Crippen LogP contribution in [0.25, 0.3) is 22.2 Å². The first kappa shape index (κ1) is 21.6. The van der Waals surface area contributed by atoms with Crippen LogP contribution in [0.15, 0.2) is 73.2 Å². The van der Waals surface area contributed by atoms with Gasteiger partial charge in [0.1, 0.15) is 6.54 Å². The molecule has 0 fully saturated rings. The molecule has 7 nitrogen and oxygen atoms in total. The van der Waals surface area contributed by atoms with E-state index in [1.165, 1.54) is 11.1 Å². The zero-order chi connectivity index (χ0) is 23.7. The van der Waals surface area contributed by atoms with Crippen molar-refractivity contribution in [2.24, 2.45) is 0 Å². The predicted molar refractivity (Wildman–Crippen MR) is 134 cm³/mol. The largest absolute Gasteiger partial charge is 0.322 e. The van der Waals surface area contributed by atoms with Gasteiger partial charge in [0.2, 0.25) is 5.91 Å². The minimum Gasteiger partial charge on any atom is -0.322 e. The van der Waals surface area contributed by atoms with E-state index in [2.05, 4.69) is 82.9 Å². The summed E-state index contributed by atoms with van der Waals surface area (Å²) in [7, 11) is 0. The standard InChI is InChI=1S/C27H26N6O/c1-18-4-8-21(9-5-18)15-32-16-23(14-29-32)30-25(34)17-33-27-26(20(3)31-33)24(12-13-28-27)22-10-6-19(2)7-11-22/h4-14,16H,15,17H2,1-3H3,(H,30,34). The number of hydrogen-bond donors (Lipinski definition) is 1. The summed E-state index contributed by atoms with van der Waals surface area (Å²) in [6.45, 7) is 6.79. The Morgan fingerprint density at radius 3 is 2.38 bits per heavy atom. The Kier molecular flexibility index (Phi) is 5.67. The van der Waals surface area contributed by atoms with Gasteiger partial charge in [0, 0.05) is 17.8 Å². The highest BCUT2D eigenvalue weighted by Gasteiger charge is 2.16. The van der Waals surface area contributed by atoms with Gasteiger partial charge in [-0.3, -0.25) is 9.48 Å². The summed E-state index contributed by atoms with van der Waals surface area (Å²) in [6, 6.07) is 18.7. The van der Waals surface area contributed by atoms with Crippen molar-refractivity contribution in [3.05, 3.63) is 95.6 Å². The molecule has 2 aromatic carbocycles. The van der Waals surface area contributed by atoms with E-state index in [1.54, 1.807) is 17.1 Å². The highest BCUT2D eigenvalue weighted by molar-refractivity contribution is 5.96. The van der Waals surface area contributed by atoms with Crippen LogP contribution in [0.2, 0.25) is 0 Å². The van der Waals surface area contributed by atoms with Crippen LogP contribution < -0.4 is 5.32 Å². The van der Waals surface area contributed by atoms with Crippen molar-refractivity contribution in [2.75, 3.05) is 5.32 Å². The molecule has 1 amide bonds. The maximum absolute atomic E-state index is 12.8. The number of anilines is 1. The van der Waals surface area contributed by atoms with Crippen LogP contribution in [0.1, 0.15) is 22.4 Å². The van der Waals surface area contributed by atoms with Gasteiger partial charge in [-0.15, -0.1) is 0 Å². The zero-order valence-electron chi connectivity index (χ0n) is 19.5. The first-order valence-electron chi connectivity index (χ1n) is 11.2. The lowest BCUT2D eigenvalue weighted by molar-refractivity contribution is -0.116. The highest BCUT2D eigenvalue weighted by atomic mass is 16.2. The van der Waals surface area contributed by atoms with Crippen LogP contribution in [0, 0.1) is 20.8 Å². The molecule has 1 N–H and O–H groups in total. The summed E-state index contributed by atoms with van der Waals surface area (Å²) in [6.07, 6.45) is 5.26. The van der Waals surface area contributed by atoms with E-state index in [0.717, 1.165) is 27.8 Å². The Labute approximate surface area is 198 Å². The molecular formula is C27H26N6O. The molecule has 0 aliphatic carbocycles. The summed E-state index contributed by atoms with van der Waals surface area (Å²) < 4.78 is 3.47. The molecule has 0 bridgehead atoms. The average molecular weight is 451 g/mol. The molecule has 0 saturated heterocycles. The molecule has 5 rings (SSSR count). The fraction of sp³-hybridized carbons (Fsp3) is 0.185. The molecule has 0 spiro atoms. The van der Waals surface area contributed by atoms with Gasteiger partial charge in [-0.25, -0.2) is 9.67 Å². The number of aromatic nitrogens is 5. The molecule has 0 radical (unpaired) electrons. The van der Waals surface area contributed by atoms with E-state index in [-0.39, 0.29) is 12.5 Å². The Morgan fingerprint density at radius 2 is 1.65 bits per heavy atom. The molecule has 5 aromatic rings. The Morgan fingerprint density at radius 1 is 0.941 bits per heavy atom. The third-order valence-electron chi connectivity index (χ3n) is 5.85. The van der Waals surface area contributed by atoms with Gasteiger partial charge in [-0.1, -0.05) is 59.7 Å². The molecule has 0 unspecified atom stereocenters. The molecule has 0 aliphatic rings. The van der Waals surface area contributed by atoms with Crippen LogP contribution >= 0.6 is 0 Å². The number of fused-ring (bicyclic) bond motifs is 1. The van der Waals surface area contributed by atoms with Crippen molar-refractivity contribution < 1.29 is 4.79 Å². The minimum absolute atomic E-state index is 0.0673. The van der Waals surface area contributed by atoms with Crippen LogP contribution in [0.5, 0.6) is 0 Å². The van der Waals surface area contributed by atoms with Gasteiger partial charge >= 0.3 is 0 Å². The molecule has 7 heteroatoms. The van der Waals surface area contributed by atoms with Crippen molar-refractivity contribution in [3.63, 3.8) is 0 Å². The number of amides is 1. The number of hydrogen-bond acceptors (Lipinski definition) is 4. The van der Waals surface area contributed by atoms with Crippen LogP contribution in [0.3, 0.4) is 0 Å². The van der Waals surface area contributed by atoms with Crippen molar-refractivity contribution in [1.29, 1.82) is 0 Å². The normalized spacial score (nSPS) is 11.1. The van der Waals surface area contributed by atoms with Gasteiger partial charge in [0.15, 0.2) is 5.65 Å². The molecule has 34 heavy (non-hydrogen) atoms. The lowest BCUT2D eigenvalue weighted by Crippen LogP contribution is -2.19. The van der Waals surface area contributed by atoms with Crippen molar-refractivity contribution in [3.8, 4) is 11.1 Å². The molecule has 170 valence electrons. The summed E-state index contributed by atoms with van der Waals surface area (Å²) in [5, 5.41) is 12.9. The van der Waals surface area contributed by atoms with E-state index >= 15 is 0 Å². The van der Waals surface area contributed by atoms with Crippen LogP contribution in [-0.2, 0) is 17.9 Å². The van der Waals surface area contributed by atoms with Gasteiger partial charge in [-0.2, -0.15) is 10.2 Å². The number of nitrogens with one attached hydrogen (secondary N) is 1. The lowest BCUT2D eigenvalue weighted by Gasteiger charge is -2.06. The van der Waals surface area contributed by atoms with Gasteiger partial charge < -0.3 is 5.32 Å².